The Kier molecular flexibility index (Phi) is 4.82. The summed E-state index contributed by atoms with van der Waals surface area (Å²) in [5, 5.41) is 5.66. The van der Waals surface area contributed by atoms with Gasteiger partial charge in [-0.3, -0.25) is 0 Å². The second-order valence-electron chi connectivity index (χ2n) is 4.32. The summed E-state index contributed by atoms with van der Waals surface area (Å²) >= 11 is 5.29. The molecule has 0 aromatic carbocycles. The minimum atomic E-state index is 0.491. The molecule has 1 saturated heterocycles. The first kappa shape index (κ1) is 12.6. The number of rotatable bonds is 4. The van der Waals surface area contributed by atoms with E-state index in [1.807, 2.05) is 0 Å². The summed E-state index contributed by atoms with van der Waals surface area (Å²) in [7, 11) is 2.05. The van der Waals surface area contributed by atoms with Crippen molar-refractivity contribution in [2.75, 3.05) is 20.3 Å². The van der Waals surface area contributed by atoms with Gasteiger partial charge in [-0.1, -0.05) is 0 Å². The van der Waals surface area contributed by atoms with E-state index in [4.69, 9.17) is 4.74 Å². The molecule has 1 unspecified atom stereocenters. The van der Waals surface area contributed by atoms with Crippen LogP contribution >= 0.6 is 27.3 Å². The lowest BCUT2D eigenvalue weighted by Crippen LogP contribution is -2.23. The van der Waals surface area contributed by atoms with Gasteiger partial charge in [-0.15, -0.1) is 11.3 Å². The third kappa shape index (κ3) is 3.29. The third-order valence-corrected chi connectivity index (χ3v) is 4.77. The highest BCUT2D eigenvalue weighted by atomic mass is 79.9. The molecule has 2 rings (SSSR count). The Bertz CT molecular complexity index is 323. The number of ether oxygens (including phenoxy) is 1. The summed E-state index contributed by atoms with van der Waals surface area (Å²) < 4.78 is 6.62. The Balaban J connectivity index is 1.94. The monoisotopic (exact) mass is 303 g/mol. The summed E-state index contributed by atoms with van der Waals surface area (Å²) in [6.07, 6.45) is 3.65. The molecule has 1 aliphatic rings. The van der Waals surface area contributed by atoms with Crippen LogP contribution in [0.15, 0.2) is 15.2 Å². The Morgan fingerprint density at radius 2 is 2.31 bits per heavy atom. The van der Waals surface area contributed by atoms with E-state index in [0.717, 1.165) is 19.1 Å². The predicted molar refractivity (Wildman–Crippen MR) is 72.0 cm³/mol. The first-order valence-electron chi connectivity index (χ1n) is 5.78. The van der Waals surface area contributed by atoms with Crippen LogP contribution in [0.4, 0.5) is 0 Å². The average molecular weight is 304 g/mol. The third-order valence-electron chi connectivity index (χ3n) is 3.25. The number of hydrogen-bond donors (Lipinski definition) is 1. The van der Waals surface area contributed by atoms with E-state index < -0.39 is 0 Å². The van der Waals surface area contributed by atoms with Gasteiger partial charge in [0, 0.05) is 19.3 Å². The summed E-state index contributed by atoms with van der Waals surface area (Å²) in [6, 6.07) is 2.72. The molecule has 1 fully saturated rings. The number of nitrogens with one attached hydrogen (secondary N) is 1. The molecule has 1 aromatic rings. The Morgan fingerprint density at radius 3 is 2.88 bits per heavy atom. The van der Waals surface area contributed by atoms with Crippen molar-refractivity contribution in [3.05, 3.63) is 20.8 Å². The summed E-state index contributed by atoms with van der Waals surface area (Å²) in [6.45, 7) is 1.88. The van der Waals surface area contributed by atoms with Crippen LogP contribution in [0, 0.1) is 5.92 Å². The zero-order chi connectivity index (χ0) is 11.4. The first-order chi connectivity index (χ1) is 7.79. The summed E-state index contributed by atoms with van der Waals surface area (Å²) in [5.74, 6) is 0.810. The molecule has 2 nitrogen and oxygen atoms in total. The van der Waals surface area contributed by atoms with Crippen LogP contribution < -0.4 is 5.32 Å². The summed E-state index contributed by atoms with van der Waals surface area (Å²) in [4.78, 5) is 0. The minimum absolute atomic E-state index is 0.491. The van der Waals surface area contributed by atoms with Crippen molar-refractivity contribution in [3.63, 3.8) is 0 Å². The second kappa shape index (κ2) is 6.15. The van der Waals surface area contributed by atoms with Crippen molar-refractivity contribution in [3.8, 4) is 0 Å². The van der Waals surface area contributed by atoms with Crippen LogP contribution in [0.3, 0.4) is 0 Å². The molecule has 1 atom stereocenters. The van der Waals surface area contributed by atoms with E-state index in [-0.39, 0.29) is 0 Å². The topological polar surface area (TPSA) is 21.3 Å². The van der Waals surface area contributed by atoms with Crippen molar-refractivity contribution in [1.29, 1.82) is 0 Å². The van der Waals surface area contributed by atoms with Crippen LogP contribution in [0.1, 0.15) is 30.9 Å². The molecule has 1 aliphatic heterocycles. The van der Waals surface area contributed by atoms with Crippen LogP contribution in [0.5, 0.6) is 0 Å². The Labute approximate surface area is 110 Å². The van der Waals surface area contributed by atoms with Gasteiger partial charge in [0.2, 0.25) is 0 Å². The molecule has 4 heteroatoms. The quantitative estimate of drug-likeness (QED) is 0.918. The first-order valence-corrected chi connectivity index (χ1v) is 7.46. The van der Waals surface area contributed by atoms with Gasteiger partial charge < -0.3 is 10.1 Å². The van der Waals surface area contributed by atoms with E-state index >= 15 is 0 Å². The van der Waals surface area contributed by atoms with E-state index in [9.17, 15) is 0 Å². The maximum Gasteiger partial charge on any atom is 0.0701 e. The molecule has 1 N–H and O–H groups in total. The number of thiophene rings is 1. The van der Waals surface area contributed by atoms with Crippen LogP contribution in [-0.4, -0.2) is 20.3 Å². The van der Waals surface area contributed by atoms with Gasteiger partial charge in [0.05, 0.1) is 3.79 Å². The molecule has 0 saturated carbocycles. The lowest BCUT2D eigenvalue weighted by atomic mass is 9.90. The fourth-order valence-corrected chi connectivity index (χ4v) is 3.47. The lowest BCUT2D eigenvalue weighted by molar-refractivity contribution is 0.0608. The number of hydrogen-bond acceptors (Lipinski definition) is 3. The van der Waals surface area contributed by atoms with E-state index in [1.54, 1.807) is 11.3 Å². The standard InChI is InChI=1S/C12H18BrNOS/c1-14-11(10-7-12(13)16-8-10)6-9-2-4-15-5-3-9/h7-9,11,14H,2-6H2,1H3. The van der Waals surface area contributed by atoms with Crippen molar-refractivity contribution in [1.82, 2.24) is 5.32 Å². The maximum atomic E-state index is 5.40. The molecule has 0 spiro atoms. The van der Waals surface area contributed by atoms with Gasteiger partial charge in [0.1, 0.15) is 0 Å². The van der Waals surface area contributed by atoms with Gasteiger partial charge >= 0.3 is 0 Å². The molecule has 0 amide bonds. The fraction of sp³-hybridized carbons (Fsp3) is 0.667. The number of halogens is 1. The second-order valence-corrected chi connectivity index (χ2v) is 6.61. The van der Waals surface area contributed by atoms with Gasteiger partial charge in [-0.2, -0.15) is 0 Å². The molecule has 0 radical (unpaired) electrons. The fourth-order valence-electron chi connectivity index (χ4n) is 2.24. The Hall–Kier alpha value is 0.100. The zero-order valence-electron chi connectivity index (χ0n) is 9.54. The zero-order valence-corrected chi connectivity index (χ0v) is 11.9. The van der Waals surface area contributed by atoms with Crippen molar-refractivity contribution in [2.24, 2.45) is 5.92 Å². The molecule has 0 aliphatic carbocycles. The highest BCUT2D eigenvalue weighted by Gasteiger charge is 2.20. The SMILES string of the molecule is CNC(CC1CCOCC1)c1csc(Br)c1. The van der Waals surface area contributed by atoms with E-state index in [1.165, 1.54) is 28.6 Å². The van der Waals surface area contributed by atoms with Gasteiger partial charge in [-0.25, -0.2) is 0 Å². The normalized spacial score (nSPS) is 19.9. The van der Waals surface area contributed by atoms with Crippen LogP contribution in [0.25, 0.3) is 0 Å². The van der Waals surface area contributed by atoms with E-state index in [2.05, 4.69) is 39.7 Å². The smallest absolute Gasteiger partial charge is 0.0701 e. The van der Waals surface area contributed by atoms with Crippen molar-refractivity contribution < 1.29 is 4.74 Å². The minimum Gasteiger partial charge on any atom is -0.381 e. The predicted octanol–water partition coefficient (Wildman–Crippen LogP) is 3.59. The van der Waals surface area contributed by atoms with Crippen LogP contribution in [-0.2, 0) is 4.74 Å². The highest BCUT2D eigenvalue weighted by molar-refractivity contribution is 9.11. The molecule has 16 heavy (non-hydrogen) atoms. The summed E-state index contributed by atoms with van der Waals surface area (Å²) in [5.41, 5.74) is 1.41. The molecule has 1 aromatic heterocycles. The molecule has 90 valence electrons. The lowest BCUT2D eigenvalue weighted by Gasteiger charge is -2.26. The molecular formula is C12H18BrNOS. The maximum absolute atomic E-state index is 5.40. The van der Waals surface area contributed by atoms with Crippen molar-refractivity contribution in [2.45, 2.75) is 25.3 Å². The molecule has 2 heterocycles. The van der Waals surface area contributed by atoms with Crippen LogP contribution in [0.2, 0.25) is 0 Å². The molecule has 0 bridgehead atoms. The van der Waals surface area contributed by atoms with E-state index in [0.29, 0.717) is 6.04 Å². The Morgan fingerprint density at radius 1 is 1.56 bits per heavy atom. The largest absolute Gasteiger partial charge is 0.381 e. The van der Waals surface area contributed by atoms with Gasteiger partial charge in [-0.05, 0) is 65.2 Å². The van der Waals surface area contributed by atoms with Gasteiger partial charge in [0.25, 0.3) is 0 Å². The highest BCUT2D eigenvalue weighted by Crippen LogP contribution is 2.31. The average Bonchev–Trinajstić information content (AvgIpc) is 2.74. The molecular weight excluding hydrogens is 286 g/mol. The van der Waals surface area contributed by atoms with Crippen molar-refractivity contribution >= 4 is 27.3 Å². The van der Waals surface area contributed by atoms with Gasteiger partial charge in [0.15, 0.2) is 0 Å².